The van der Waals surface area contributed by atoms with Gasteiger partial charge in [0, 0.05) is 15.8 Å². The van der Waals surface area contributed by atoms with E-state index in [1.54, 1.807) is 6.20 Å². The molecule has 3 nitrogen and oxygen atoms in total. The number of aromatic nitrogens is 1. The van der Waals surface area contributed by atoms with E-state index < -0.39 is 0 Å². The van der Waals surface area contributed by atoms with Gasteiger partial charge in [-0.05, 0) is 54.3 Å². The topological polar surface area (TPSA) is 45.1 Å². The molecule has 2 rings (SSSR count). The van der Waals surface area contributed by atoms with Crippen molar-refractivity contribution < 1.29 is 5.11 Å². The zero-order chi connectivity index (χ0) is 11.5. The van der Waals surface area contributed by atoms with E-state index in [9.17, 15) is 5.11 Å². The highest BCUT2D eigenvalue weighted by Crippen LogP contribution is 2.24. The van der Waals surface area contributed by atoms with Gasteiger partial charge in [-0.2, -0.15) is 0 Å². The number of nitrogens with zero attached hydrogens (tertiary/aromatic N) is 1. The number of pyridine rings is 1. The van der Waals surface area contributed by atoms with Crippen molar-refractivity contribution in [1.29, 1.82) is 0 Å². The van der Waals surface area contributed by atoms with Crippen LogP contribution >= 0.6 is 34.2 Å². The molecule has 1 aliphatic rings. The second-order valence-corrected chi connectivity index (χ2v) is 5.70. The number of hydrogen-bond acceptors (Lipinski definition) is 3. The van der Waals surface area contributed by atoms with Gasteiger partial charge in [0.15, 0.2) is 0 Å². The number of halogens is 2. The number of rotatable bonds is 2. The van der Waals surface area contributed by atoms with Crippen LogP contribution < -0.4 is 5.32 Å². The minimum Gasteiger partial charge on any atom is -0.393 e. The van der Waals surface area contributed by atoms with Gasteiger partial charge in [0.05, 0.1) is 11.1 Å². The molecule has 1 saturated carbocycles. The summed E-state index contributed by atoms with van der Waals surface area (Å²) in [5, 5.41) is 13.5. The van der Waals surface area contributed by atoms with Crippen molar-refractivity contribution in [2.75, 3.05) is 5.32 Å². The average molecular weight is 353 g/mol. The Kier molecular flexibility index (Phi) is 4.27. The molecule has 1 aromatic heterocycles. The quantitative estimate of drug-likeness (QED) is 0.804. The largest absolute Gasteiger partial charge is 0.393 e. The molecule has 0 aromatic carbocycles. The van der Waals surface area contributed by atoms with Crippen LogP contribution in [0.15, 0.2) is 12.3 Å². The van der Waals surface area contributed by atoms with E-state index in [0.717, 1.165) is 35.1 Å². The van der Waals surface area contributed by atoms with Crippen molar-refractivity contribution in [3.63, 3.8) is 0 Å². The van der Waals surface area contributed by atoms with Gasteiger partial charge in [0.2, 0.25) is 0 Å². The lowest BCUT2D eigenvalue weighted by atomic mass is 9.93. The van der Waals surface area contributed by atoms with Crippen molar-refractivity contribution in [3.8, 4) is 0 Å². The Hall–Kier alpha value is -0.0700. The van der Waals surface area contributed by atoms with Crippen LogP contribution in [0.1, 0.15) is 25.7 Å². The highest BCUT2D eigenvalue weighted by Gasteiger charge is 2.19. The van der Waals surface area contributed by atoms with E-state index >= 15 is 0 Å². The summed E-state index contributed by atoms with van der Waals surface area (Å²) in [7, 11) is 0. The molecule has 88 valence electrons. The van der Waals surface area contributed by atoms with Crippen LogP contribution in [0.4, 0.5) is 5.82 Å². The number of hydrogen-bond donors (Lipinski definition) is 2. The van der Waals surface area contributed by atoms with E-state index in [1.165, 1.54) is 0 Å². The molecule has 1 aliphatic carbocycles. The predicted octanol–water partition coefficient (Wildman–Crippen LogP) is 3.06. The van der Waals surface area contributed by atoms with Gasteiger partial charge < -0.3 is 10.4 Å². The highest BCUT2D eigenvalue weighted by molar-refractivity contribution is 14.1. The molecule has 0 radical (unpaired) electrons. The lowest BCUT2D eigenvalue weighted by Gasteiger charge is -2.26. The Morgan fingerprint density at radius 2 is 2.06 bits per heavy atom. The fourth-order valence-corrected chi connectivity index (χ4v) is 2.46. The first kappa shape index (κ1) is 12.4. The molecule has 0 aliphatic heterocycles. The molecule has 16 heavy (non-hydrogen) atoms. The minimum absolute atomic E-state index is 0.114. The summed E-state index contributed by atoms with van der Waals surface area (Å²) in [6, 6.07) is 2.38. The lowest BCUT2D eigenvalue weighted by molar-refractivity contribution is 0.126. The van der Waals surface area contributed by atoms with Crippen LogP contribution in [0.2, 0.25) is 5.02 Å². The van der Waals surface area contributed by atoms with E-state index in [4.69, 9.17) is 11.6 Å². The molecule has 0 unspecified atom stereocenters. The van der Waals surface area contributed by atoms with Crippen molar-refractivity contribution in [3.05, 3.63) is 20.9 Å². The highest BCUT2D eigenvalue weighted by atomic mass is 127. The normalized spacial score (nSPS) is 25.4. The Morgan fingerprint density at radius 3 is 2.69 bits per heavy atom. The van der Waals surface area contributed by atoms with Crippen molar-refractivity contribution >= 4 is 40.0 Å². The zero-order valence-corrected chi connectivity index (χ0v) is 11.7. The third-order valence-corrected chi connectivity index (χ3v) is 4.37. The summed E-state index contributed by atoms with van der Waals surface area (Å²) < 4.78 is 1.01. The summed E-state index contributed by atoms with van der Waals surface area (Å²) in [5.41, 5.74) is 0. The van der Waals surface area contributed by atoms with Gasteiger partial charge >= 0.3 is 0 Å². The molecule has 0 atom stereocenters. The van der Waals surface area contributed by atoms with E-state index in [1.807, 2.05) is 6.07 Å². The molecule has 1 aromatic rings. The molecular weight excluding hydrogens is 338 g/mol. The maximum absolute atomic E-state index is 9.41. The maximum Gasteiger partial charge on any atom is 0.127 e. The molecule has 5 heteroatoms. The van der Waals surface area contributed by atoms with Crippen LogP contribution in [0.5, 0.6) is 0 Å². The Labute approximate surface area is 114 Å². The number of aliphatic hydroxyl groups excluding tert-OH is 1. The van der Waals surface area contributed by atoms with Gasteiger partial charge in [-0.1, -0.05) is 11.6 Å². The molecule has 0 saturated heterocycles. The van der Waals surface area contributed by atoms with Crippen LogP contribution in [-0.2, 0) is 0 Å². The second-order valence-electron chi connectivity index (χ2n) is 4.13. The molecule has 2 N–H and O–H groups in total. The van der Waals surface area contributed by atoms with Gasteiger partial charge in [-0.3, -0.25) is 0 Å². The molecule has 0 amide bonds. The fourth-order valence-electron chi connectivity index (χ4n) is 1.92. The van der Waals surface area contributed by atoms with E-state index in [0.29, 0.717) is 11.1 Å². The Bertz CT molecular complexity index is 367. The third-order valence-electron chi connectivity index (χ3n) is 2.86. The van der Waals surface area contributed by atoms with Crippen molar-refractivity contribution in [1.82, 2.24) is 4.98 Å². The minimum atomic E-state index is -0.114. The first-order valence-corrected chi connectivity index (χ1v) is 6.86. The Morgan fingerprint density at radius 1 is 1.38 bits per heavy atom. The first-order chi connectivity index (χ1) is 7.65. The second kappa shape index (κ2) is 5.51. The average Bonchev–Trinajstić information content (AvgIpc) is 2.27. The van der Waals surface area contributed by atoms with E-state index in [2.05, 4.69) is 32.9 Å². The van der Waals surface area contributed by atoms with Crippen LogP contribution in [0.3, 0.4) is 0 Å². The molecule has 0 spiro atoms. The summed E-state index contributed by atoms with van der Waals surface area (Å²) in [6.45, 7) is 0. The molecule has 0 bridgehead atoms. The molecule has 1 heterocycles. The van der Waals surface area contributed by atoms with Crippen LogP contribution in [0.25, 0.3) is 0 Å². The Balaban J connectivity index is 1.96. The van der Waals surface area contributed by atoms with Crippen LogP contribution in [0, 0.1) is 3.57 Å². The summed E-state index contributed by atoms with van der Waals surface area (Å²) in [6.07, 6.45) is 5.31. The van der Waals surface area contributed by atoms with Crippen molar-refractivity contribution in [2.24, 2.45) is 0 Å². The lowest BCUT2D eigenvalue weighted by Crippen LogP contribution is -2.28. The summed E-state index contributed by atoms with van der Waals surface area (Å²) in [4.78, 5) is 4.24. The first-order valence-electron chi connectivity index (χ1n) is 5.41. The number of anilines is 1. The van der Waals surface area contributed by atoms with Gasteiger partial charge in [0.1, 0.15) is 5.82 Å². The zero-order valence-electron chi connectivity index (χ0n) is 8.79. The molecular formula is C11H14ClIN2O. The summed E-state index contributed by atoms with van der Waals surface area (Å²) in [5.74, 6) is 0.871. The number of nitrogens with one attached hydrogen (secondary N) is 1. The predicted molar refractivity (Wildman–Crippen MR) is 73.8 cm³/mol. The standard InChI is InChI=1S/C11H14ClIN2O/c12-9-6-14-11(5-10(9)13)15-7-1-3-8(16)4-2-7/h5-8,16H,1-4H2,(H,14,15). The SMILES string of the molecule is OC1CCC(Nc2cc(I)c(Cl)cn2)CC1. The van der Waals surface area contributed by atoms with Crippen molar-refractivity contribution in [2.45, 2.75) is 37.8 Å². The monoisotopic (exact) mass is 352 g/mol. The fraction of sp³-hybridized carbons (Fsp3) is 0.545. The summed E-state index contributed by atoms with van der Waals surface area (Å²) >= 11 is 8.11. The smallest absolute Gasteiger partial charge is 0.127 e. The van der Waals surface area contributed by atoms with Gasteiger partial charge in [0.25, 0.3) is 0 Å². The maximum atomic E-state index is 9.41. The van der Waals surface area contributed by atoms with Crippen LogP contribution in [-0.4, -0.2) is 22.2 Å². The molecule has 1 fully saturated rings. The third kappa shape index (κ3) is 3.21. The van der Waals surface area contributed by atoms with Gasteiger partial charge in [-0.15, -0.1) is 0 Å². The van der Waals surface area contributed by atoms with Gasteiger partial charge in [-0.25, -0.2) is 4.98 Å². The number of aliphatic hydroxyl groups is 1. The van der Waals surface area contributed by atoms with E-state index in [-0.39, 0.29) is 6.10 Å².